The molecule has 9 heteroatoms. The average Bonchev–Trinajstić information content (AvgIpc) is 3.42. The highest BCUT2D eigenvalue weighted by Crippen LogP contribution is 2.28. The quantitative estimate of drug-likeness (QED) is 0.323. The molecular weight excluding hydrogens is 418 g/mol. The molecule has 1 aromatic carbocycles. The molecule has 154 valence electrons. The van der Waals surface area contributed by atoms with E-state index in [0.29, 0.717) is 10.8 Å². The second-order valence-corrected chi connectivity index (χ2v) is 9.08. The molecule has 1 aliphatic rings. The molecule has 4 heterocycles. The van der Waals surface area contributed by atoms with E-state index < -0.39 is 0 Å². The van der Waals surface area contributed by atoms with Crippen LogP contribution in [0.15, 0.2) is 46.9 Å². The van der Waals surface area contributed by atoms with Crippen LogP contribution in [0.3, 0.4) is 0 Å². The maximum Gasteiger partial charge on any atom is 0.211 e. The fourth-order valence-corrected chi connectivity index (χ4v) is 5.10. The lowest BCUT2D eigenvalue weighted by Gasteiger charge is -2.26. The number of ketones is 1. The summed E-state index contributed by atoms with van der Waals surface area (Å²) in [5, 5.41) is 12.3. The van der Waals surface area contributed by atoms with Gasteiger partial charge in [-0.05, 0) is 17.5 Å². The van der Waals surface area contributed by atoms with Crippen molar-refractivity contribution in [3.8, 4) is 0 Å². The topological polar surface area (TPSA) is 73.1 Å². The van der Waals surface area contributed by atoms with E-state index in [1.807, 2.05) is 46.3 Å². The van der Waals surface area contributed by atoms with Gasteiger partial charge in [0.15, 0.2) is 11.4 Å². The van der Waals surface area contributed by atoms with Crippen molar-refractivity contribution in [1.82, 2.24) is 24.6 Å². The molecule has 7 nitrogen and oxygen atoms in total. The van der Waals surface area contributed by atoms with Gasteiger partial charge >= 0.3 is 0 Å². The number of morpholine rings is 1. The van der Waals surface area contributed by atoms with Gasteiger partial charge in [-0.1, -0.05) is 36.0 Å². The average molecular weight is 440 g/mol. The number of thiophene rings is 1. The number of hydrogen-bond acceptors (Lipinski definition) is 8. The van der Waals surface area contributed by atoms with E-state index in [-0.39, 0.29) is 12.3 Å². The molecule has 30 heavy (non-hydrogen) atoms. The zero-order chi connectivity index (χ0) is 20.3. The van der Waals surface area contributed by atoms with Crippen LogP contribution >= 0.6 is 23.1 Å². The van der Waals surface area contributed by atoms with Crippen molar-refractivity contribution >= 4 is 50.9 Å². The molecule has 1 fully saturated rings. The number of carbonyl (C=O) groups is 1. The molecule has 5 rings (SSSR count). The molecule has 0 aliphatic carbocycles. The molecule has 1 aliphatic heterocycles. The number of fused-ring (bicyclic) bond motifs is 3. The highest BCUT2D eigenvalue weighted by atomic mass is 32.2. The zero-order valence-electron chi connectivity index (χ0n) is 16.4. The van der Waals surface area contributed by atoms with Gasteiger partial charge < -0.3 is 9.30 Å². The molecule has 3 aromatic heterocycles. The predicted molar refractivity (Wildman–Crippen MR) is 119 cm³/mol. The van der Waals surface area contributed by atoms with Crippen LogP contribution < -0.4 is 0 Å². The number of para-hydroxylation sites is 1. The number of nitrogens with zero attached hydrogens (tertiary/aromatic N) is 5. The Morgan fingerprint density at radius 1 is 1.13 bits per heavy atom. The first-order chi connectivity index (χ1) is 14.8. The smallest absolute Gasteiger partial charge is 0.211 e. The highest BCUT2D eigenvalue weighted by molar-refractivity contribution is 7.99. The summed E-state index contributed by atoms with van der Waals surface area (Å²) in [5.74, 6) is 0.967. The lowest BCUT2D eigenvalue weighted by atomic mass is 10.2. The Morgan fingerprint density at radius 2 is 2.00 bits per heavy atom. The van der Waals surface area contributed by atoms with Crippen molar-refractivity contribution in [3.63, 3.8) is 0 Å². The summed E-state index contributed by atoms with van der Waals surface area (Å²) in [6, 6.07) is 11.7. The Kier molecular flexibility index (Phi) is 5.76. The maximum atomic E-state index is 12.8. The summed E-state index contributed by atoms with van der Waals surface area (Å²) >= 11 is 3.06. The van der Waals surface area contributed by atoms with Crippen LogP contribution in [-0.4, -0.2) is 69.0 Å². The van der Waals surface area contributed by atoms with Crippen LogP contribution in [0.1, 0.15) is 9.67 Å². The fourth-order valence-electron chi connectivity index (χ4n) is 3.66. The van der Waals surface area contributed by atoms with E-state index in [1.165, 1.54) is 11.3 Å². The van der Waals surface area contributed by atoms with Crippen LogP contribution in [-0.2, 0) is 11.3 Å². The Bertz CT molecular complexity index is 1170. The van der Waals surface area contributed by atoms with Crippen LogP contribution in [0, 0.1) is 0 Å². The molecule has 0 saturated carbocycles. The summed E-state index contributed by atoms with van der Waals surface area (Å²) in [5.41, 5.74) is 2.40. The minimum atomic E-state index is 0.0767. The fraction of sp³-hybridized carbons (Fsp3) is 0.333. The van der Waals surface area contributed by atoms with Crippen molar-refractivity contribution in [2.24, 2.45) is 0 Å². The van der Waals surface area contributed by atoms with E-state index in [4.69, 9.17) is 9.72 Å². The van der Waals surface area contributed by atoms with Crippen molar-refractivity contribution in [2.75, 3.05) is 38.6 Å². The van der Waals surface area contributed by atoms with E-state index in [0.717, 1.165) is 59.9 Å². The summed E-state index contributed by atoms with van der Waals surface area (Å²) < 4.78 is 7.37. The molecule has 4 aromatic rings. The summed E-state index contributed by atoms with van der Waals surface area (Å²) in [6.45, 7) is 4.74. The van der Waals surface area contributed by atoms with E-state index in [1.54, 1.807) is 11.8 Å². The molecule has 0 amide bonds. The van der Waals surface area contributed by atoms with Gasteiger partial charge in [-0.15, -0.1) is 21.5 Å². The van der Waals surface area contributed by atoms with Crippen LogP contribution in [0.5, 0.6) is 0 Å². The van der Waals surface area contributed by atoms with Crippen molar-refractivity contribution in [3.05, 3.63) is 46.7 Å². The van der Waals surface area contributed by atoms with Gasteiger partial charge in [0.1, 0.15) is 5.52 Å². The molecule has 0 radical (unpaired) electrons. The Balaban J connectivity index is 1.42. The normalized spacial score (nSPS) is 15.2. The standard InChI is InChI=1S/C21H21N5O2S2/c27-17(18-6-3-12-29-18)14-26-16-5-2-1-4-15(16)19-20(26)22-21(24-23-19)30-13-9-25-7-10-28-11-8-25/h1-6,12H,7-11,13-14H2. The monoisotopic (exact) mass is 439 g/mol. The lowest BCUT2D eigenvalue weighted by molar-refractivity contribution is 0.0410. The Morgan fingerprint density at radius 3 is 2.83 bits per heavy atom. The minimum Gasteiger partial charge on any atom is -0.379 e. The van der Waals surface area contributed by atoms with Gasteiger partial charge in [-0.2, -0.15) is 0 Å². The zero-order valence-corrected chi connectivity index (χ0v) is 18.0. The summed E-state index contributed by atoms with van der Waals surface area (Å²) in [4.78, 5) is 20.7. The number of thioether (sulfide) groups is 1. The third-order valence-electron chi connectivity index (χ3n) is 5.19. The first-order valence-electron chi connectivity index (χ1n) is 9.91. The molecule has 0 atom stereocenters. The van der Waals surface area contributed by atoms with Gasteiger partial charge in [-0.25, -0.2) is 4.98 Å². The highest BCUT2D eigenvalue weighted by Gasteiger charge is 2.18. The number of Topliss-reactive ketones (excluding diaryl/α,β-unsaturated/α-hetero) is 1. The van der Waals surface area contributed by atoms with Crippen molar-refractivity contribution in [2.45, 2.75) is 11.7 Å². The number of rotatable bonds is 7. The third-order valence-corrected chi connectivity index (χ3v) is 6.92. The molecule has 0 unspecified atom stereocenters. The first-order valence-corrected chi connectivity index (χ1v) is 11.8. The Labute approximate surface area is 182 Å². The van der Waals surface area contributed by atoms with E-state index in [2.05, 4.69) is 15.1 Å². The van der Waals surface area contributed by atoms with Crippen molar-refractivity contribution in [1.29, 1.82) is 0 Å². The third kappa shape index (κ3) is 3.98. The van der Waals surface area contributed by atoms with Crippen LogP contribution in [0.2, 0.25) is 0 Å². The molecule has 1 saturated heterocycles. The van der Waals surface area contributed by atoms with Gasteiger partial charge in [0, 0.05) is 30.8 Å². The number of ether oxygens (including phenoxy) is 1. The minimum absolute atomic E-state index is 0.0767. The molecular formula is C21H21N5O2S2. The van der Waals surface area contributed by atoms with Gasteiger partial charge in [-0.3, -0.25) is 9.69 Å². The second-order valence-electron chi connectivity index (χ2n) is 7.07. The molecule has 0 spiro atoms. The first kappa shape index (κ1) is 19.6. The van der Waals surface area contributed by atoms with E-state index in [9.17, 15) is 4.79 Å². The Hall–Kier alpha value is -2.33. The van der Waals surface area contributed by atoms with Gasteiger partial charge in [0.05, 0.1) is 30.2 Å². The van der Waals surface area contributed by atoms with Gasteiger partial charge in [0.25, 0.3) is 0 Å². The largest absolute Gasteiger partial charge is 0.379 e. The number of aromatic nitrogens is 4. The number of benzene rings is 1. The van der Waals surface area contributed by atoms with Crippen LogP contribution in [0.25, 0.3) is 22.1 Å². The molecule has 0 bridgehead atoms. The summed E-state index contributed by atoms with van der Waals surface area (Å²) in [7, 11) is 0. The maximum absolute atomic E-state index is 12.8. The second kappa shape index (κ2) is 8.81. The number of carbonyl (C=O) groups excluding carboxylic acids is 1. The predicted octanol–water partition coefficient (Wildman–Crippen LogP) is 3.35. The van der Waals surface area contributed by atoms with Crippen LogP contribution in [0.4, 0.5) is 0 Å². The van der Waals surface area contributed by atoms with Gasteiger partial charge in [0.2, 0.25) is 5.16 Å². The number of hydrogen-bond donors (Lipinski definition) is 0. The molecule has 0 N–H and O–H groups in total. The van der Waals surface area contributed by atoms with E-state index >= 15 is 0 Å². The van der Waals surface area contributed by atoms with Crippen molar-refractivity contribution < 1.29 is 9.53 Å². The summed E-state index contributed by atoms with van der Waals surface area (Å²) in [6.07, 6.45) is 0. The lowest BCUT2D eigenvalue weighted by Crippen LogP contribution is -2.37. The SMILES string of the molecule is O=C(Cn1c2ccccc2c2nnc(SCCN3CCOCC3)nc21)c1cccs1.